The minimum absolute atomic E-state index is 1.00. The SMILES string of the molecule is CN(C)O.O=P(O)(O)O. The van der Waals surface area contributed by atoms with Crippen molar-refractivity contribution in [2.24, 2.45) is 0 Å². The Morgan fingerprint density at radius 3 is 1.22 bits per heavy atom. The molecule has 0 saturated carbocycles. The molecule has 0 unspecified atom stereocenters. The highest BCUT2D eigenvalue weighted by Crippen LogP contribution is 2.25. The fourth-order valence-electron chi connectivity index (χ4n) is 0. The minimum atomic E-state index is -4.64. The molecule has 0 spiro atoms. The zero-order valence-corrected chi connectivity index (χ0v) is 5.99. The topological polar surface area (TPSA) is 101 Å². The van der Waals surface area contributed by atoms with Gasteiger partial charge in [0.25, 0.3) is 0 Å². The Morgan fingerprint density at radius 2 is 1.22 bits per heavy atom. The molecule has 0 aromatic heterocycles. The molecule has 0 bridgehead atoms. The first-order valence-corrected chi connectivity index (χ1v) is 3.44. The van der Waals surface area contributed by atoms with E-state index >= 15 is 0 Å². The standard InChI is InChI=1S/C2H7NO.H3O4P/c1-3(2)4;1-5(2,3)4/h4H,1-2H3;(H3,1,2,3,4). The summed E-state index contributed by atoms with van der Waals surface area (Å²) in [7, 11) is -1.53. The molecule has 0 aromatic rings. The van der Waals surface area contributed by atoms with E-state index in [2.05, 4.69) is 0 Å². The number of hydrogen-bond acceptors (Lipinski definition) is 3. The number of hydroxylamine groups is 2. The van der Waals surface area contributed by atoms with Crippen molar-refractivity contribution in [3.05, 3.63) is 0 Å². The van der Waals surface area contributed by atoms with Crippen LogP contribution in [0.5, 0.6) is 0 Å². The van der Waals surface area contributed by atoms with Crippen LogP contribution in [-0.4, -0.2) is 39.0 Å². The van der Waals surface area contributed by atoms with E-state index in [1.54, 1.807) is 14.1 Å². The summed E-state index contributed by atoms with van der Waals surface area (Å²) < 4.78 is 8.88. The Morgan fingerprint density at radius 1 is 1.22 bits per heavy atom. The van der Waals surface area contributed by atoms with Crippen LogP contribution in [0.3, 0.4) is 0 Å². The summed E-state index contributed by atoms with van der Waals surface area (Å²) in [6.07, 6.45) is 0. The Hall–Kier alpha value is 0.0300. The molecule has 9 heavy (non-hydrogen) atoms. The molecule has 0 amide bonds. The van der Waals surface area contributed by atoms with Crippen molar-refractivity contribution in [1.29, 1.82) is 0 Å². The number of rotatable bonds is 0. The van der Waals surface area contributed by atoms with Crippen molar-refractivity contribution in [3.8, 4) is 0 Å². The zero-order chi connectivity index (χ0) is 8.08. The Bertz CT molecular complexity index is 86.1. The highest BCUT2D eigenvalue weighted by atomic mass is 31.2. The molecule has 0 saturated heterocycles. The van der Waals surface area contributed by atoms with Gasteiger partial charge in [0.15, 0.2) is 0 Å². The Labute approximate surface area is 52.6 Å². The highest BCUT2D eigenvalue weighted by molar-refractivity contribution is 7.45. The lowest BCUT2D eigenvalue weighted by Gasteiger charge is -1.89. The molecule has 7 heteroatoms. The van der Waals surface area contributed by atoms with Crippen LogP contribution in [0.2, 0.25) is 0 Å². The van der Waals surface area contributed by atoms with Gasteiger partial charge in [0, 0.05) is 14.1 Å². The van der Waals surface area contributed by atoms with Crippen LogP contribution in [0, 0.1) is 0 Å². The van der Waals surface area contributed by atoms with Crippen molar-refractivity contribution < 1.29 is 24.5 Å². The van der Waals surface area contributed by atoms with Crippen molar-refractivity contribution in [1.82, 2.24) is 5.06 Å². The third kappa shape index (κ3) is 324000. The first kappa shape index (κ1) is 11.8. The third-order valence-corrected chi connectivity index (χ3v) is 0. The van der Waals surface area contributed by atoms with Gasteiger partial charge in [-0.05, 0) is 0 Å². The molecule has 58 valence electrons. The van der Waals surface area contributed by atoms with E-state index in [0.717, 1.165) is 5.06 Å². The van der Waals surface area contributed by atoms with Crippen molar-refractivity contribution >= 4 is 7.82 Å². The van der Waals surface area contributed by atoms with Gasteiger partial charge >= 0.3 is 7.82 Å². The summed E-state index contributed by atoms with van der Waals surface area (Å²) in [4.78, 5) is 21.6. The van der Waals surface area contributed by atoms with Crippen LogP contribution in [0.4, 0.5) is 0 Å². The van der Waals surface area contributed by atoms with Gasteiger partial charge in [-0.2, -0.15) is 5.06 Å². The van der Waals surface area contributed by atoms with Crippen LogP contribution in [0.25, 0.3) is 0 Å². The number of phosphoric acid groups is 1. The number of hydrogen-bond donors (Lipinski definition) is 4. The van der Waals surface area contributed by atoms with E-state index in [1.165, 1.54) is 0 Å². The van der Waals surface area contributed by atoms with Gasteiger partial charge in [0.1, 0.15) is 0 Å². The summed E-state index contributed by atoms with van der Waals surface area (Å²) >= 11 is 0. The second kappa shape index (κ2) is 4.87. The van der Waals surface area contributed by atoms with Crippen LogP contribution < -0.4 is 0 Å². The summed E-state index contributed by atoms with van der Waals surface area (Å²) in [5.74, 6) is 0. The predicted octanol–water partition coefficient (Wildman–Crippen LogP) is -0.991. The number of nitrogens with zero attached hydrogens (tertiary/aromatic N) is 1. The largest absolute Gasteiger partial charge is 0.466 e. The molecule has 0 fully saturated rings. The average Bonchev–Trinajstić information content (AvgIpc) is 1.19. The van der Waals surface area contributed by atoms with E-state index in [9.17, 15) is 0 Å². The fourth-order valence-corrected chi connectivity index (χ4v) is 0. The fraction of sp³-hybridized carbons (Fsp3) is 1.00. The molecule has 0 aromatic carbocycles. The molecule has 0 aliphatic carbocycles. The van der Waals surface area contributed by atoms with Crippen LogP contribution in [0.15, 0.2) is 0 Å². The lowest BCUT2D eigenvalue weighted by molar-refractivity contribution is -0.0372. The zero-order valence-electron chi connectivity index (χ0n) is 5.09. The summed E-state index contributed by atoms with van der Waals surface area (Å²) in [6.45, 7) is 0. The maximum Gasteiger partial charge on any atom is 0.466 e. The smallest absolute Gasteiger partial charge is 0.315 e. The molecule has 0 radical (unpaired) electrons. The maximum absolute atomic E-state index is 8.88. The monoisotopic (exact) mass is 159 g/mol. The van der Waals surface area contributed by atoms with E-state index in [1.807, 2.05) is 0 Å². The second-order valence-corrected chi connectivity index (χ2v) is 2.39. The van der Waals surface area contributed by atoms with E-state index in [4.69, 9.17) is 24.5 Å². The molecule has 4 N–H and O–H groups in total. The Kier molecular flexibility index (Phi) is 6.37. The normalized spacial score (nSPS) is 10.6. The van der Waals surface area contributed by atoms with Gasteiger partial charge in [-0.1, -0.05) is 0 Å². The van der Waals surface area contributed by atoms with Gasteiger partial charge in [0.05, 0.1) is 0 Å². The molecule has 0 aliphatic heterocycles. The highest BCUT2D eigenvalue weighted by Gasteiger charge is 2.00. The summed E-state index contributed by atoms with van der Waals surface area (Å²) in [5.41, 5.74) is 0. The van der Waals surface area contributed by atoms with E-state index in [-0.39, 0.29) is 0 Å². The third-order valence-electron chi connectivity index (χ3n) is 0. The molecule has 0 atom stereocenters. The lowest BCUT2D eigenvalue weighted by atomic mass is 11.2. The van der Waals surface area contributed by atoms with E-state index < -0.39 is 7.82 Å². The van der Waals surface area contributed by atoms with Gasteiger partial charge in [0.2, 0.25) is 0 Å². The molecule has 0 heterocycles. The van der Waals surface area contributed by atoms with Crippen LogP contribution in [0.1, 0.15) is 0 Å². The van der Waals surface area contributed by atoms with Gasteiger partial charge in [-0.15, -0.1) is 0 Å². The first-order valence-electron chi connectivity index (χ1n) is 1.88. The molecular weight excluding hydrogens is 149 g/mol. The minimum Gasteiger partial charge on any atom is -0.315 e. The predicted molar refractivity (Wildman–Crippen MR) is 29.7 cm³/mol. The second-order valence-electron chi connectivity index (χ2n) is 1.36. The molecule has 0 aliphatic rings. The van der Waals surface area contributed by atoms with Crippen molar-refractivity contribution in [3.63, 3.8) is 0 Å². The van der Waals surface area contributed by atoms with Gasteiger partial charge < -0.3 is 19.9 Å². The Balaban J connectivity index is 0. The first-order chi connectivity index (χ1) is 3.73. The summed E-state index contributed by atoms with van der Waals surface area (Å²) in [5, 5.41) is 8.89. The van der Waals surface area contributed by atoms with Crippen LogP contribution >= 0.6 is 7.82 Å². The molecule has 0 rings (SSSR count). The molecular formula is C2H10NO5P. The summed E-state index contributed by atoms with van der Waals surface area (Å²) in [6, 6.07) is 0. The van der Waals surface area contributed by atoms with Gasteiger partial charge in [-0.3, -0.25) is 0 Å². The van der Waals surface area contributed by atoms with Gasteiger partial charge in [-0.25, -0.2) is 4.57 Å². The van der Waals surface area contributed by atoms with Crippen molar-refractivity contribution in [2.75, 3.05) is 14.1 Å². The van der Waals surface area contributed by atoms with Crippen LogP contribution in [-0.2, 0) is 4.57 Å². The quantitative estimate of drug-likeness (QED) is 0.267. The molecule has 6 nitrogen and oxygen atoms in total. The van der Waals surface area contributed by atoms with E-state index in [0.29, 0.717) is 0 Å². The maximum atomic E-state index is 8.88. The lowest BCUT2D eigenvalue weighted by Crippen LogP contribution is -2.01. The average molecular weight is 159 g/mol. The van der Waals surface area contributed by atoms with Crippen molar-refractivity contribution in [2.45, 2.75) is 0 Å².